The van der Waals surface area contributed by atoms with Crippen LogP contribution in [0.5, 0.6) is 0 Å². The molecule has 1 aromatic carbocycles. The Balaban J connectivity index is 0.00000242. The summed E-state index contributed by atoms with van der Waals surface area (Å²) in [6.07, 6.45) is -3.76. The molecule has 1 unspecified atom stereocenters. The molecule has 0 amide bonds. The number of likely N-dealkylation sites (N-methyl/N-ethyl adjacent to an activating group) is 1. The zero-order valence-electron chi connectivity index (χ0n) is 11.9. The maximum Gasteiger partial charge on any atom is 0.416 e. The summed E-state index contributed by atoms with van der Waals surface area (Å²) in [5.74, 6) is -0.427. The third-order valence-corrected chi connectivity index (χ3v) is 5.46. The first-order chi connectivity index (χ1) is 9.70. The van der Waals surface area contributed by atoms with Crippen LogP contribution in [0.4, 0.5) is 13.2 Å². The van der Waals surface area contributed by atoms with Crippen molar-refractivity contribution in [3.8, 4) is 0 Å². The Labute approximate surface area is 134 Å². The zero-order valence-corrected chi connectivity index (χ0v) is 13.6. The number of hydrogen-bond donors (Lipinski definition) is 1. The van der Waals surface area contributed by atoms with Gasteiger partial charge < -0.3 is 5.32 Å². The fourth-order valence-corrected chi connectivity index (χ4v) is 3.77. The highest BCUT2D eigenvalue weighted by molar-refractivity contribution is 7.88. The third kappa shape index (κ3) is 4.58. The van der Waals surface area contributed by atoms with Crippen molar-refractivity contribution >= 4 is 22.4 Å². The van der Waals surface area contributed by atoms with Gasteiger partial charge in [-0.2, -0.15) is 13.2 Å². The third-order valence-electron chi connectivity index (χ3n) is 3.59. The van der Waals surface area contributed by atoms with Gasteiger partial charge in [0, 0.05) is 19.6 Å². The van der Waals surface area contributed by atoms with Crippen LogP contribution < -0.4 is 5.32 Å². The lowest BCUT2D eigenvalue weighted by Gasteiger charge is -2.23. The first-order valence-electron chi connectivity index (χ1n) is 6.53. The number of halogens is 4. The van der Waals surface area contributed by atoms with Crippen LogP contribution in [0.15, 0.2) is 24.3 Å². The Morgan fingerprint density at radius 3 is 2.59 bits per heavy atom. The lowest BCUT2D eigenvalue weighted by Crippen LogP contribution is -2.39. The van der Waals surface area contributed by atoms with Crippen molar-refractivity contribution in [2.45, 2.75) is 24.4 Å². The number of alkyl halides is 3. The fraction of sp³-hybridized carbons (Fsp3) is 0.538. The molecule has 126 valence electrons. The summed E-state index contributed by atoms with van der Waals surface area (Å²) in [6.45, 7) is 1.31. The van der Waals surface area contributed by atoms with Crippen LogP contribution >= 0.6 is 12.4 Å². The number of nitrogens with zero attached hydrogens (tertiary/aromatic N) is 1. The minimum atomic E-state index is -4.47. The SMILES string of the molecule is CN(C1CCNC1)S(=O)(=O)Cc1cccc(C(F)(F)F)c1.Cl. The first-order valence-corrected chi connectivity index (χ1v) is 8.13. The van der Waals surface area contributed by atoms with Crippen molar-refractivity contribution < 1.29 is 21.6 Å². The Hall–Kier alpha value is -0.830. The van der Waals surface area contributed by atoms with E-state index in [9.17, 15) is 21.6 Å². The van der Waals surface area contributed by atoms with Crippen molar-refractivity contribution in [3.63, 3.8) is 0 Å². The molecule has 0 radical (unpaired) electrons. The minimum absolute atomic E-state index is 0. The fourth-order valence-electron chi connectivity index (χ4n) is 2.33. The molecule has 1 atom stereocenters. The van der Waals surface area contributed by atoms with Crippen LogP contribution in [0.25, 0.3) is 0 Å². The van der Waals surface area contributed by atoms with Crippen LogP contribution in [-0.2, 0) is 22.0 Å². The van der Waals surface area contributed by atoms with Crippen LogP contribution in [-0.4, -0.2) is 38.9 Å². The maximum atomic E-state index is 12.6. The van der Waals surface area contributed by atoms with Crippen molar-refractivity contribution in [1.82, 2.24) is 9.62 Å². The predicted molar refractivity (Wildman–Crippen MR) is 80.4 cm³/mol. The molecule has 1 heterocycles. The molecule has 1 aliphatic heterocycles. The van der Waals surface area contributed by atoms with Gasteiger partial charge in [-0.15, -0.1) is 12.4 Å². The molecular formula is C13H18ClF3N2O2S. The minimum Gasteiger partial charge on any atom is -0.315 e. The Bertz CT molecular complexity index is 602. The zero-order chi connectivity index (χ0) is 15.7. The summed E-state index contributed by atoms with van der Waals surface area (Å²) >= 11 is 0. The second-order valence-electron chi connectivity index (χ2n) is 5.12. The molecule has 1 fully saturated rings. The summed E-state index contributed by atoms with van der Waals surface area (Å²) in [7, 11) is -2.16. The van der Waals surface area contributed by atoms with Gasteiger partial charge in [-0.3, -0.25) is 0 Å². The monoisotopic (exact) mass is 358 g/mol. The van der Waals surface area contributed by atoms with E-state index in [-0.39, 0.29) is 24.0 Å². The van der Waals surface area contributed by atoms with Gasteiger partial charge in [-0.1, -0.05) is 18.2 Å². The molecular weight excluding hydrogens is 341 g/mol. The topological polar surface area (TPSA) is 49.4 Å². The molecule has 1 saturated heterocycles. The van der Waals surface area contributed by atoms with Crippen molar-refractivity contribution in [2.24, 2.45) is 0 Å². The molecule has 22 heavy (non-hydrogen) atoms. The molecule has 0 spiro atoms. The van der Waals surface area contributed by atoms with E-state index in [1.165, 1.54) is 23.5 Å². The summed E-state index contributed by atoms with van der Waals surface area (Å²) in [6, 6.07) is 4.30. The standard InChI is InChI=1S/C13H17F3N2O2S.ClH/c1-18(12-5-6-17-8-12)21(19,20)9-10-3-2-4-11(7-10)13(14,15)16;/h2-4,7,12,17H,5-6,8-9H2,1H3;1H. The van der Waals surface area contributed by atoms with Crippen LogP contribution in [0.2, 0.25) is 0 Å². The predicted octanol–water partition coefficient (Wildman–Crippen LogP) is 2.25. The molecule has 0 bridgehead atoms. The molecule has 2 rings (SSSR count). The number of nitrogens with one attached hydrogen (secondary N) is 1. The highest BCUT2D eigenvalue weighted by atomic mass is 35.5. The summed E-state index contributed by atoms with van der Waals surface area (Å²) in [4.78, 5) is 0. The molecule has 1 N–H and O–H groups in total. The van der Waals surface area contributed by atoms with E-state index in [0.717, 1.165) is 18.7 Å². The van der Waals surface area contributed by atoms with Gasteiger partial charge in [0.1, 0.15) is 0 Å². The van der Waals surface area contributed by atoms with Crippen LogP contribution in [0.1, 0.15) is 17.5 Å². The van der Waals surface area contributed by atoms with E-state index in [4.69, 9.17) is 0 Å². The van der Waals surface area contributed by atoms with Crippen LogP contribution in [0, 0.1) is 0 Å². The Morgan fingerprint density at radius 2 is 2.05 bits per heavy atom. The Morgan fingerprint density at radius 1 is 1.36 bits per heavy atom. The second-order valence-corrected chi connectivity index (χ2v) is 7.15. The highest BCUT2D eigenvalue weighted by Crippen LogP contribution is 2.30. The highest BCUT2D eigenvalue weighted by Gasteiger charge is 2.32. The number of sulfonamides is 1. The van der Waals surface area contributed by atoms with Crippen molar-refractivity contribution in [1.29, 1.82) is 0 Å². The van der Waals surface area contributed by atoms with Gasteiger partial charge in [0.2, 0.25) is 10.0 Å². The molecule has 1 aromatic rings. The normalized spacial score (nSPS) is 19.2. The molecule has 0 aliphatic carbocycles. The van der Waals surface area contributed by atoms with Crippen LogP contribution in [0.3, 0.4) is 0 Å². The maximum absolute atomic E-state index is 12.6. The van der Waals surface area contributed by atoms with E-state index in [1.807, 2.05) is 0 Å². The quantitative estimate of drug-likeness (QED) is 0.898. The van der Waals surface area contributed by atoms with E-state index in [0.29, 0.717) is 13.0 Å². The van der Waals surface area contributed by atoms with E-state index in [2.05, 4.69) is 5.32 Å². The average Bonchev–Trinajstić information content (AvgIpc) is 2.90. The average molecular weight is 359 g/mol. The number of rotatable bonds is 4. The Kier molecular flexibility index (Phi) is 6.26. The summed E-state index contributed by atoms with van der Waals surface area (Å²) < 4.78 is 63.7. The van der Waals surface area contributed by atoms with E-state index < -0.39 is 27.5 Å². The van der Waals surface area contributed by atoms with Crippen molar-refractivity contribution in [3.05, 3.63) is 35.4 Å². The van der Waals surface area contributed by atoms with E-state index >= 15 is 0 Å². The largest absolute Gasteiger partial charge is 0.416 e. The van der Waals surface area contributed by atoms with Gasteiger partial charge in [0.05, 0.1) is 11.3 Å². The van der Waals surface area contributed by atoms with Gasteiger partial charge in [0.15, 0.2) is 0 Å². The van der Waals surface area contributed by atoms with Gasteiger partial charge >= 0.3 is 6.18 Å². The number of benzene rings is 1. The lowest BCUT2D eigenvalue weighted by atomic mass is 10.1. The summed E-state index contributed by atoms with van der Waals surface area (Å²) in [5, 5.41) is 3.06. The molecule has 0 saturated carbocycles. The molecule has 1 aliphatic rings. The number of hydrogen-bond acceptors (Lipinski definition) is 3. The molecule has 4 nitrogen and oxygen atoms in total. The van der Waals surface area contributed by atoms with Gasteiger partial charge in [-0.05, 0) is 24.6 Å². The first kappa shape index (κ1) is 19.2. The van der Waals surface area contributed by atoms with Gasteiger partial charge in [0.25, 0.3) is 0 Å². The van der Waals surface area contributed by atoms with Crippen molar-refractivity contribution in [2.75, 3.05) is 20.1 Å². The lowest BCUT2D eigenvalue weighted by molar-refractivity contribution is -0.137. The van der Waals surface area contributed by atoms with Gasteiger partial charge in [-0.25, -0.2) is 12.7 Å². The molecule has 9 heteroatoms. The molecule has 0 aromatic heterocycles. The smallest absolute Gasteiger partial charge is 0.315 e. The summed E-state index contributed by atoms with van der Waals surface area (Å²) in [5.41, 5.74) is -0.692. The second kappa shape index (κ2) is 7.16. The van der Waals surface area contributed by atoms with E-state index in [1.54, 1.807) is 0 Å².